The van der Waals surface area contributed by atoms with Crippen molar-refractivity contribution in [2.75, 3.05) is 0 Å². The molecule has 0 amide bonds. The van der Waals surface area contributed by atoms with Gasteiger partial charge in [-0.1, -0.05) is 29.0 Å². The third-order valence-corrected chi connectivity index (χ3v) is 6.37. The molecular formula is C22H20ClN2O3S+. The lowest BCUT2D eigenvalue weighted by atomic mass is 10.1. The molecular weight excluding hydrogens is 408 g/mol. The van der Waals surface area contributed by atoms with Gasteiger partial charge in [-0.3, -0.25) is 0 Å². The summed E-state index contributed by atoms with van der Waals surface area (Å²) in [6, 6.07) is 11.7. The molecule has 0 fully saturated rings. The summed E-state index contributed by atoms with van der Waals surface area (Å²) in [7, 11) is 1.84. The Hall–Kier alpha value is -2.67. The average molecular weight is 428 g/mol. The number of fused-ring (bicyclic) bond motifs is 2. The van der Waals surface area contributed by atoms with E-state index in [0.29, 0.717) is 10.6 Å². The fourth-order valence-corrected chi connectivity index (χ4v) is 4.86. The van der Waals surface area contributed by atoms with Gasteiger partial charge < -0.3 is 14.8 Å². The quantitative estimate of drug-likeness (QED) is 0.456. The van der Waals surface area contributed by atoms with E-state index in [9.17, 15) is 15.0 Å². The topological polar surface area (TPSA) is 66.3 Å². The number of thiazole rings is 1. The normalized spacial score (nSPS) is 13.0. The van der Waals surface area contributed by atoms with Crippen LogP contribution in [0.4, 0.5) is 0 Å². The van der Waals surface area contributed by atoms with Crippen molar-refractivity contribution in [3.05, 3.63) is 63.8 Å². The molecule has 4 aromatic rings. The van der Waals surface area contributed by atoms with Crippen molar-refractivity contribution in [3.8, 4) is 0 Å². The van der Waals surface area contributed by atoms with Crippen molar-refractivity contribution in [1.29, 1.82) is 0 Å². The molecule has 148 valence electrons. The Bertz CT molecular complexity index is 1270. The van der Waals surface area contributed by atoms with Gasteiger partial charge in [-0.05, 0) is 42.8 Å². The highest BCUT2D eigenvalue weighted by molar-refractivity contribution is 7.18. The predicted molar refractivity (Wildman–Crippen MR) is 117 cm³/mol. The molecule has 1 unspecified atom stereocenters. The van der Waals surface area contributed by atoms with Gasteiger partial charge >= 0.3 is 5.97 Å². The molecule has 5 nitrogen and oxygen atoms in total. The van der Waals surface area contributed by atoms with Gasteiger partial charge in [0.2, 0.25) is 5.52 Å². The number of carboxylic acids is 1. The summed E-state index contributed by atoms with van der Waals surface area (Å²) in [5.41, 5.74) is 3.30. The molecule has 0 bridgehead atoms. The van der Waals surface area contributed by atoms with Gasteiger partial charge in [0, 0.05) is 46.9 Å². The number of halogens is 1. The lowest BCUT2D eigenvalue weighted by molar-refractivity contribution is -0.665. The minimum absolute atomic E-state index is 0.394. The largest absolute Gasteiger partial charge is 0.479 e. The Kier molecular flexibility index (Phi) is 5.17. The van der Waals surface area contributed by atoms with Crippen molar-refractivity contribution in [2.45, 2.75) is 19.6 Å². The number of aliphatic carboxylic acids is 1. The Balaban J connectivity index is 1.76. The number of aromatic nitrogens is 2. The highest BCUT2D eigenvalue weighted by Gasteiger charge is 2.21. The lowest BCUT2D eigenvalue weighted by Gasteiger charge is -2.04. The van der Waals surface area contributed by atoms with E-state index in [-0.39, 0.29) is 0 Å². The number of aliphatic hydroxyl groups is 1. The van der Waals surface area contributed by atoms with Crippen molar-refractivity contribution >= 4 is 62.2 Å². The van der Waals surface area contributed by atoms with Gasteiger partial charge in [0.05, 0.1) is 0 Å². The Morgan fingerprint density at radius 3 is 2.79 bits per heavy atom. The smallest absolute Gasteiger partial charge is 0.337 e. The summed E-state index contributed by atoms with van der Waals surface area (Å²) in [6.07, 6.45) is 4.17. The van der Waals surface area contributed by atoms with Crippen LogP contribution in [0.3, 0.4) is 0 Å². The molecule has 1 atom stereocenters. The lowest BCUT2D eigenvalue weighted by Crippen LogP contribution is -2.33. The van der Waals surface area contributed by atoms with E-state index in [4.69, 9.17) is 11.6 Å². The molecule has 4 rings (SSSR count). The van der Waals surface area contributed by atoms with E-state index in [1.807, 2.05) is 54.1 Å². The van der Waals surface area contributed by atoms with Gasteiger partial charge in [0.1, 0.15) is 11.2 Å². The van der Waals surface area contributed by atoms with E-state index >= 15 is 0 Å². The van der Waals surface area contributed by atoms with E-state index in [2.05, 4.69) is 17.6 Å². The summed E-state index contributed by atoms with van der Waals surface area (Å²) in [4.78, 5) is 11.2. The number of nitrogens with zero attached hydrogens (tertiary/aromatic N) is 2. The van der Waals surface area contributed by atoms with Crippen molar-refractivity contribution in [3.63, 3.8) is 0 Å². The number of hydrogen-bond donors (Lipinski definition) is 2. The van der Waals surface area contributed by atoms with Gasteiger partial charge in [0.15, 0.2) is 6.10 Å². The Morgan fingerprint density at radius 1 is 1.28 bits per heavy atom. The molecule has 0 aliphatic rings. The second-order valence-corrected chi connectivity index (χ2v) is 8.34. The van der Waals surface area contributed by atoms with Gasteiger partial charge in [-0.15, -0.1) is 0 Å². The number of carboxylic acid groups (broad SMARTS) is 1. The first-order chi connectivity index (χ1) is 13.9. The summed E-state index contributed by atoms with van der Waals surface area (Å²) in [5.74, 6) is -1.26. The maximum atomic E-state index is 11.2. The Labute approximate surface area is 176 Å². The van der Waals surface area contributed by atoms with Crippen LogP contribution in [0.1, 0.15) is 29.2 Å². The first-order valence-corrected chi connectivity index (χ1v) is 10.4. The van der Waals surface area contributed by atoms with Crippen LogP contribution in [0.15, 0.2) is 42.6 Å². The van der Waals surface area contributed by atoms with Crippen LogP contribution in [-0.4, -0.2) is 20.7 Å². The molecule has 0 radical (unpaired) electrons. The van der Waals surface area contributed by atoms with E-state index in [1.54, 1.807) is 17.5 Å². The first kappa shape index (κ1) is 19.6. The molecule has 29 heavy (non-hydrogen) atoms. The highest BCUT2D eigenvalue weighted by atomic mass is 35.5. The van der Waals surface area contributed by atoms with Gasteiger partial charge in [0.25, 0.3) is 5.01 Å². The van der Waals surface area contributed by atoms with Gasteiger partial charge in [-0.25, -0.2) is 4.79 Å². The fraction of sp³-hybridized carbons (Fsp3) is 0.182. The van der Waals surface area contributed by atoms with Crippen LogP contribution in [0.2, 0.25) is 5.02 Å². The monoisotopic (exact) mass is 427 g/mol. The molecule has 0 spiro atoms. The van der Waals surface area contributed by atoms with Gasteiger partial charge in [-0.2, -0.15) is 4.57 Å². The Morgan fingerprint density at radius 2 is 2.07 bits per heavy atom. The van der Waals surface area contributed by atoms with Crippen LogP contribution in [0.5, 0.6) is 0 Å². The van der Waals surface area contributed by atoms with Crippen LogP contribution in [0, 0.1) is 0 Å². The molecule has 0 saturated heterocycles. The standard InChI is InChI=1S/C22H19ClN2O3S/c1-3-25-18-11-14(23)6-8-19(18)29-20(25)9-5-13-4-7-17-15(10-13)16(12-24(17)2)21(26)22(27)28/h4-12,21,26H,3H2,1-2H3/p+1. The van der Waals surface area contributed by atoms with Crippen molar-refractivity contribution in [1.82, 2.24) is 4.57 Å². The average Bonchev–Trinajstić information content (AvgIpc) is 3.22. The molecule has 7 heteroatoms. The minimum Gasteiger partial charge on any atom is -0.479 e. The zero-order chi connectivity index (χ0) is 20.7. The fourth-order valence-electron chi connectivity index (χ4n) is 3.59. The summed E-state index contributed by atoms with van der Waals surface area (Å²) in [6.45, 7) is 2.92. The maximum Gasteiger partial charge on any atom is 0.337 e. The summed E-state index contributed by atoms with van der Waals surface area (Å²) < 4.78 is 5.20. The zero-order valence-electron chi connectivity index (χ0n) is 16.0. The molecule has 2 N–H and O–H groups in total. The highest BCUT2D eigenvalue weighted by Crippen LogP contribution is 2.29. The number of benzene rings is 2. The number of carbonyl (C=O) groups is 1. The van der Waals surface area contributed by atoms with Crippen LogP contribution < -0.4 is 4.57 Å². The number of rotatable bonds is 5. The van der Waals surface area contributed by atoms with E-state index in [0.717, 1.165) is 33.5 Å². The molecule has 2 aromatic heterocycles. The predicted octanol–water partition coefficient (Wildman–Crippen LogP) is 4.64. The third-order valence-electron chi connectivity index (χ3n) is 5.00. The summed E-state index contributed by atoms with van der Waals surface area (Å²) >= 11 is 7.85. The molecule has 0 aliphatic carbocycles. The third kappa shape index (κ3) is 3.55. The minimum atomic E-state index is -1.55. The van der Waals surface area contributed by atoms with Crippen LogP contribution >= 0.6 is 22.9 Å². The molecule has 0 saturated carbocycles. The maximum absolute atomic E-state index is 11.2. The molecule has 0 aliphatic heterocycles. The number of aryl methyl sites for hydroxylation is 2. The van der Waals surface area contributed by atoms with E-state index < -0.39 is 12.1 Å². The first-order valence-electron chi connectivity index (χ1n) is 9.19. The number of hydrogen-bond acceptors (Lipinski definition) is 3. The number of aliphatic hydroxyl groups excluding tert-OH is 1. The molecule has 2 aromatic carbocycles. The van der Waals surface area contributed by atoms with Crippen LogP contribution in [-0.2, 0) is 18.4 Å². The second-order valence-electron chi connectivity index (χ2n) is 6.84. The van der Waals surface area contributed by atoms with Crippen molar-refractivity contribution in [2.24, 2.45) is 7.05 Å². The van der Waals surface area contributed by atoms with Crippen molar-refractivity contribution < 1.29 is 19.6 Å². The van der Waals surface area contributed by atoms with Crippen LogP contribution in [0.25, 0.3) is 33.3 Å². The van der Waals surface area contributed by atoms with E-state index in [1.165, 1.54) is 4.70 Å². The summed E-state index contributed by atoms with van der Waals surface area (Å²) in [5, 5.41) is 21.8. The zero-order valence-corrected chi connectivity index (χ0v) is 17.5. The second kappa shape index (κ2) is 7.63. The SMILES string of the molecule is CC[n+]1c(C=Cc2ccc3c(c2)c(C(O)C(=O)O)cn3C)sc2ccc(Cl)cc21. The molecule has 2 heterocycles.